The lowest BCUT2D eigenvalue weighted by atomic mass is 10.2. The van der Waals surface area contributed by atoms with Gasteiger partial charge in [-0.2, -0.15) is 5.10 Å². The zero-order valence-electron chi connectivity index (χ0n) is 11.3. The van der Waals surface area contributed by atoms with Gasteiger partial charge in [0.25, 0.3) is 0 Å². The maximum absolute atomic E-state index is 12.9. The van der Waals surface area contributed by atoms with Crippen molar-refractivity contribution in [3.63, 3.8) is 0 Å². The molecular weight excluding hydrogens is 257 g/mol. The standard InChI is InChI=1S/C14H14FN5/c1-9-12-13(17-8-18-14(12)20(2)19-9)16-7-10-3-5-11(15)6-4-10/h3-6,8H,7H2,1-2H3,(H,16,17,18). The molecule has 6 heteroatoms. The highest BCUT2D eigenvalue weighted by Gasteiger charge is 2.11. The summed E-state index contributed by atoms with van der Waals surface area (Å²) < 4.78 is 14.6. The molecule has 0 bridgehead atoms. The van der Waals surface area contributed by atoms with E-state index in [9.17, 15) is 4.39 Å². The molecule has 0 fully saturated rings. The topological polar surface area (TPSA) is 55.6 Å². The van der Waals surface area contributed by atoms with Crippen molar-refractivity contribution in [2.75, 3.05) is 5.32 Å². The monoisotopic (exact) mass is 271 g/mol. The lowest BCUT2D eigenvalue weighted by Gasteiger charge is -2.07. The van der Waals surface area contributed by atoms with Gasteiger partial charge in [-0.25, -0.2) is 14.4 Å². The highest BCUT2D eigenvalue weighted by molar-refractivity contribution is 5.88. The van der Waals surface area contributed by atoms with Crippen molar-refractivity contribution in [2.24, 2.45) is 7.05 Å². The summed E-state index contributed by atoms with van der Waals surface area (Å²) in [5.41, 5.74) is 2.66. The third-order valence-electron chi connectivity index (χ3n) is 3.17. The summed E-state index contributed by atoms with van der Waals surface area (Å²) in [6.45, 7) is 2.50. The summed E-state index contributed by atoms with van der Waals surface area (Å²) in [7, 11) is 1.85. The Bertz CT molecular complexity index is 748. The Kier molecular flexibility index (Phi) is 3.06. The number of fused-ring (bicyclic) bond motifs is 1. The van der Waals surface area contributed by atoms with Crippen LogP contribution >= 0.6 is 0 Å². The number of anilines is 1. The highest BCUT2D eigenvalue weighted by atomic mass is 19.1. The Morgan fingerprint density at radius 3 is 2.70 bits per heavy atom. The van der Waals surface area contributed by atoms with Gasteiger partial charge in [0.1, 0.15) is 18.0 Å². The fourth-order valence-corrected chi connectivity index (χ4v) is 2.20. The Morgan fingerprint density at radius 1 is 1.20 bits per heavy atom. The largest absolute Gasteiger partial charge is 0.365 e. The van der Waals surface area contributed by atoms with Crippen molar-refractivity contribution in [1.82, 2.24) is 19.7 Å². The van der Waals surface area contributed by atoms with Crippen LogP contribution in [0.3, 0.4) is 0 Å². The van der Waals surface area contributed by atoms with Crippen molar-refractivity contribution >= 4 is 16.9 Å². The summed E-state index contributed by atoms with van der Waals surface area (Å²) in [5.74, 6) is 0.506. The second-order valence-corrected chi connectivity index (χ2v) is 4.61. The minimum atomic E-state index is -0.235. The summed E-state index contributed by atoms with van der Waals surface area (Å²) in [6, 6.07) is 6.39. The molecule has 0 spiro atoms. The van der Waals surface area contributed by atoms with E-state index < -0.39 is 0 Å². The van der Waals surface area contributed by atoms with Crippen LogP contribution in [-0.2, 0) is 13.6 Å². The molecule has 0 unspecified atom stereocenters. The first-order valence-electron chi connectivity index (χ1n) is 6.28. The number of rotatable bonds is 3. The Morgan fingerprint density at radius 2 is 1.95 bits per heavy atom. The maximum Gasteiger partial charge on any atom is 0.163 e. The van der Waals surface area contributed by atoms with Gasteiger partial charge < -0.3 is 5.32 Å². The van der Waals surface area contributed by atoms with Gasteiger partial charge in [0.2, 0.25) is 0 Å². The molecule has 2 aromatic heterocycles. The minimum Gasteiger partial charge on any atom is -0.365 e. The molecule has 2 heterocycles. The predicted molar refractivity (Wildman–Crippen MR) is 74.8 cm³/mol. The Hall–Kier alpha value is -2.50. The number of nitrogens with one attached hydrogen (secondary N) is 1. The van der Waals surface area contributed by atoms with Crippen LogP contribution in [0.5, 0.6) is 0 Å². The fourth-order valence-electron chi connectivity index (χ4n) is 2.20. The van der Waals surface area contributed by atoms with Crippen LogP contribution in [0.25, 0.3) is 11.0 Å². The number of aryl methyl sites for hydroxylation is 2. The van der Waals surface area contributed by atoms with E-state index in [1.165, 1.54) is 18.5 Å². The Labute approximate surface area is 115 Å². The van der Waals surface area contributed by atoms with Crippen molar-refractivity contribution < 1.29 is 4.39 Å². The number of halogens is 1. The van der Waals surface area contributed by atoms with Crippen LogP contribution in [0.15, 0.2) is 30.6 Å². The van der Waals surface area contributed by atoms with Gasteiger partial charge in [0, 0.05) is 13.6 Å². The molecule has 0 aliphatic rings. The van der Waals surface area contributed by atoms with Gasteiger partial charge in [0.05, 0.1) is 11.1 Å². The molecule has 0 saturated heterocycles. The van der Waals surface area contributed by atoms with Crippen molar-refractivity contribution in [3.8, 4) is 0 Å². The van der Waals surface area contributed by atoms with Crippen LogP contribution in [0.1, 0.15) is 11.3 Å². The summed E-state index contributed by atoms with van der Waals surface area (Å²) >= 11 is 0. The minimum absolute atomic E-state index is 0.235. The lowest BCUT2D eigenvalue weighted by Crippen LogP contribution is -2.03. The van der Waals surface area contributed by atoms with E-state index in [-0.39, 0.29) is 5.82 Å². The molecule has 0 amide bonds. The smallest absolute Gasteiger partial charge is 0.163 e. The van der Waals surface area contributed by atoms with Gasteiger partial charge in [0.15, 0.2) is 5.65 Å². The molecule has 1 aromatic carbocycles. The highest BCUT2D eigenvalue weighted by Crippen LogP contribution is 2.22. The Balaban J connectivity index is 1.89. The SMILES string of the molecule is Cc1nn(C)c2ncnc(NCc3ccc(F)cc3)c12. The first-order chi connectivity index (χ1) is 9.65. The van der Waals surface area contributed by atoms with Crippen LogP contribution in [0, 0.1) is 12.7 Å². The van der Waals surface area contributed by atoms with E-state index in [4.69, 9.17) is 0 Å². The third kappa shape index (κ3) is 2.20. The van der Waals surface area contributed by atoms with Gasteiger partial charge >= 0.3 is 0 Å². The quantitative estimate of drug-likeness (QED) is 0.795. The molecule has 0 radical (unpaired) electrons. The van der Waals surface area contributed by atoms with Gasteiger partial charge in [-0.15, -0.1) is 0 Å². The zero-order valence-corrected chi connectivity index (χ0v) is 11.3. The molecule has 0 saturated carbocycles. The van der Waals surface area contributed by atoms with E-state index in [2.05, 4.69) is 20.4 Å². The van der Waals surface area contributed by atoms with Crippen LogP contribution in [-0.4, -0.2) is 19.7 Å². The molecule has 20 heavy (non-hydrogen) atoms. The van der Waals surface area contributed by atoms with Crippen LogP contribution < -0.4 is 5.32 Å². The van der Waals surface area contributed by atoms with Crippen molar-refractivity contribution in [2.45, 2.75) is 13.5 Å². The number of hydrogen-bond donors (Lipinski definition) is 1. The number of hydrogen-bond acceptors (Lipinski definition) is 4. The maximum atomic E-state index is 12.9. The summed E-state index contributed by atoms with van der Waals surface area (Å²) in [4.78, 5) is 8.49. The predicted octanol–water partition coefficient (Wildman–Crippen LogP) is 2.42. The van der Waals surface area contributed by atoms with Gasteiger partial charge in [-0.05, 0) is 24.6 Å². The fraction of sp³-hybridized carbons (Fsp3) is 0.214. The van der Waals surface area contributed by atoms with Gasteiger partial charge in [-0.1, -0.05) is 12.1 Å². The first-order valence-corrected chi connectivity index (χ1v) is 6.28. The molecule has 3 rings (SSSR count). The molecule has 0 atom stereocenters. The van der Waals surface area contributed by atoms with Gasteiger partial charge in [-0.3, -0.25) is 4.68 Å². The molecule has 1 N–H and O–H groups in total. The average Bonchev–Trinajstić information content (AvgIpc) is 2.74. The molecule has 5 nitrogen and oxygen atoms in total. The lowest BCUT2D eigenvalue weighted by molar-refractivity contribution is 0.627. The van der Waals surface area contributed by atoms with E-state index in [1.54, 1.807) is 16.8 Å². The normalized spacial score (nSPS) is 10.9. The zero-order chi connectivity index (χ0) is 14.1. The second kappa shape index (κ2) is 4.88. The number of benzene rings is 1. The molecule has 102 valence electrons. The van der Waals surface area contributed by atoms with E-state index in [0.717, 1.165) is 28.1 Å². The second-order valence-electron chi connectivity index (χ2n) is 4.61. The van der Waals surface area contributed by atoms with E-state index >= 15 is 0 Å². The van der Waals surface area contributed by atoms with Crippen LogP contribution in [0.4, 0.5) is 10.2 Å². The van der Waals surface area contributed by atoms with Crippen molar-refractivity contribution in [3.05, 3.63) is 47.7 Å². The number of aromatic nitrogens is 4. The summed E-state index contributed by atoms with van der Waals surface area (Å²) in [5, 5.41) is 8.51. The molecule has 0 aliphatic carbocycles. The molecular formula is C14H14FN5. The first kappa shape index (κ1) is 12.5. The molecule has 0 aliphatic heterocycles. The van der Waals surface area contributed by atoms with E-state index in [1.807, 2.05) is 14.0 Å². The van der Waals surface area contributed by atoms with Crippen LogP contribution in [0.2, 0.25) is 0 Å². The number of nitrogens with zero attached hydrogens (tertiary/aromatic N) is 4. The third-order valence-corrected chi connectivity index (χ3v) is 3.17. The summed E-state index contributed by atoms with van der Waals surface area (Å²) in [6.07, 6.45) is 1.51. The molecule has 3 aromatic rings. The van der Waals surface area contributed by atoms with E-state index in [0.29, 0.717) is 6.54 Å². The average molecular weight is 271 g/mol. The van der Waals surface area contributed by atoms with Crippen molar-refractivity contribution in [1.29, 1.82) is 0 Å².